The predicted molar refractivity (Wildman–Crippen MR) is 106 cm³/mol. The number of anilines is 1. The number of rotatable bonds is 8. The molecule has 8 heteroatoms. The summed E-state index contributed by atoms with van der Waals surface area (Å²) in [6.45, 7) is 9.39. The van der Waals surface area contributed by atoms with Crippen molar-refractivity contribution in [3.8, 4) is 11.5 Å². The molecule has 0 aliphatic heterocycles. The lowest BCUT2D eigenvalue weighted by molar-refractivity contribution is -0.123. The van der Waals surface area contributed by atoms with Gasteiger partial charge in [0.1, 0.15) is 0 Å². The van der Waals surface area contributed by atoms with Crippen molar-refractivity contribution in [1.82, 2.24) is 10.6 Å². The van der Waals surface area contributed by atoms with Gasteiger partial charge in [0.25, 0.3) is 5.91 Å². The van der Waals surface area contributed by atoms with Gasteiger partial charge in [-0.25, -0.2) is 0 Å². The van der Waals surface area contributed by atoms with Crippen LogP contribution in [0.15, 0.2) is 12.1 Å². The zero-order valence-corrected chi connectivity index (χ0v) is 17.1. The number of hydrogen-bond acceptors (Lipinski definition) is 5. The Balaban J connectivity index is 0.00000625. The van der Waals surface area contributed by atoms with Crippen molar-refractivity contribution >= 4 is 29.9 Å². The number of hydrogen-bond donors (Lipinski definition) is 3. The minimum absolute atomic E-state index is 0. The summed E-state index contributed by atoms with van der Waals surface area (Å²) in [6.07, 6.45) is 0. The monoisotopic (exact) mass is 387 g/mol. The normalized spacial score (nSPS) is 10.5. The Morgan fingerprint density at radius 3 is 2.12 bits per heavy atom. The van der Waals surface area contributed by atoms with Gasteiger partial charge < -0.3 is 25.4 Å². The molecule has 0 fully saturated rings. The van der Waals surface area contributed by atoms with Crippen LogP contribution in [0.1, 0.15) is 38.1 Å². The Bertz CT molecular complexity index is 615. The van der Waals surface area contributed by atoms with Gasteiger partial charge in [0.15, 0.2) is 11.5 Å². The van der Waals surface area contributed by atoms with Crippen LogP contribution >= 0.6 is 12.4 Å². The topological polar surface area (TPSA) is 88.7 Å². The standard InChI is InChI=1S/C18H29N3O4.ClH/c1-7-19-8-9-20-16(22)12-10-14(24-5)15(25-6)11-13(12)21-17(23)18(2,3)4;/h10-11,19H,7-9H2,1-6H3,(H,20,22)(H,21,23);1H. The molecule has 1 rings (SSSR count). The number of methoxy groups -OCH3 is 2. The van der Waals surface area contributed by atoms with Gasteiger partial charge in [-0.2, -0.15) is 0 Å². The van der Waals surface area contributed by atoms with Crippen LogP contribution in [0.2, 0.25) is 0 Å². The van der Waals surface area contributed by atoms with Gasteiger partial charge in [0.05, 0.1) is 25.5 Å². The molecule has 0 saturated carbocycles. The number of likely N-dealkylation sites (N-methyl/N-ethyl adjacent to an activating group) is 1. The van der Waals surface area contributed by atoms with Crippen LogP contribution in [0.4, 0.5) is 5.69 Å². The fourth-order valence-electron chi connectivity index (χ4n) is 2.02. The molecule has 1 aromatic rings. The van der Waals surface area contributed by atoms with E-state index in [-0.39, 0.29) is 24.2 Å². The summed E-state index contributed by atoms with van der Waals surface area (Å²) in [6, 6.07) is 3.17. The van der Waals surface area contributed by atoms with Crippen LogP contribution in [0.3, 0.4) is 0 Å². The smallest absolute Gasteiger partial charge is 0.253 e. The van der Waals surface area contributed by atoms with Gasteiger partial charge in [0, 0.05) is 24.6 Å². The predicted octanol–water partition coefficient (Wildman–Crippen LogP) is 2.45. The Morgan fingerprint density at radius 1 is 1.04 bits per heavy atom. The van der Waals surface area contributed by atoms with Gasteiger partial charge in [0.2, 0.25) is 5.91 Å². The molecule has 0 atom stereocenters. The number of carbonyl (C=O) groups is 2. The van der Waals surface area contributed by atoms with Crippen LogP contribution in [0, 0.1) is 5.41 Å². The molecule has 0 saturated heterocycles. The zero-order chi connectivity index (χ0) is 19.0. The van der Waals surface area contributed by atoms with Crippen molar-refractivity contribution in [1.29, 1.82) is 0 Å². The van der Waals surface area contributed by atoms with E-state index in [0.29, 0.717) is 35.8 Å². The summed E-state index contributed by atoms with van der Waals surface area (Å²) in [7, 11) is 3.00. The Morgan fingerprint density at radius 2 is 1.62 bits per heavy atom. The molecular weight excluding hydrogens is 358 g/mol. The van der Waals surface area contributed by atoms with Gasteiger partial charge in [-0.1, -0.05) is 27.7 Å². The van der Waals surface area contributed by atoms with Gasteiger partial charge in [-0.3, -0.25) is 9.59 Å². The molecule has 1 aromatic carbocycles. The van der Waals surface area contributed by atoms with E-state index in [2.05, 4.69) is 16.0 Å². The van der Waals surface area contributed by atoms with Crippen molar-refractivity contribution in [2.24, 2.45) is 5.41 Å². The molecule has 0 radical (unpaired) electrons. The number of ether oxygens (including phenoxy) is 2. The van der Waals surface area contributed by atoms with E-state index in [1.165, 1.54) is 14.2 Å². The summed E-state index contributed by atoms with van der Waals surface area (Å²) in [4.78, 5) is 24.9. The van der Waals surface area contributed by atoms with E-state index in [0.717, 1.165) is 6.54 Å². The molecule has 2 amide bonds. The number of halogens is 1. The minimum Gasteiger partial charge on any atom is -0.493 e. The highest BCUT2D eigenvalue weighted by Gasteiger charge is 2.24. The summed E-state index contributed by atoms with van der Waals surface area (Å²) in [5.41, 5.74) is 0.122. The van der Waals surface area contributed by atoms with Crippen molar-refractivity contribution < 1.29 is 19.1 Å². The SMILES string of the molecule is CCNCCNC(=O)c1cc(OC)c(OC)cc1NC(=O)C(C)(C)C.Cl. The van der Waals surface area contributed by atoms with E-state index in [4.69, 9.17) is 9.47 Å². The summed E-state index contributed by atoms with van der Waals surface area (Å²) >= 11 is 0. The van der Waals surface area contributed by atoms with Gasteiger partial charge in [-0.15, -0.1) is 12.4 Å². The number of carbonyl (C=O) groups excluding carboxylic acids is 2. The van der Waals surface area contributed by atoms with Crippen LogP contribution in [-0.4, -0.2) is 45.7 Å². The molecule has 0 spiro atoms. The summed E-state index contributed by atoms with van der Waals surface area (Å²) in [5, 5.41) is 8.77. The second-order valence-electron chi connectivity index (χ2n) is 6.57. The Hall–Kier alpha value is -1.99. The molecule has 26 heavy (non-hydrogen) atoms. The molecule has 7 nitrogen and oxygen atoms in total. The third-order valence-corrected chi connectivity index (χ3v) is 3.54. The molecule has 0 aromatic heterocycles. The third-order valence-electron chi connectivity index (χ3n) is 3.54. The van der Waals surface area contributed by atoms with Gasteiger partial charge >= 0.3 is 0 Å². The van der Waals surface area contributed by atoms with Crippen LogP contribution in [0.5, 0.6) is 11.5 Å². The zero-order valence-electron chi connectivity index (χ0n) is 16.3. The Kier molecular flexibility index (Phi) is 10.0. The molecule has 0 bridgehead atoms. The molecule has 148 valence electrons. The Labute approximate surface area is 161 Å². The average molecular weight is 388 g/mol. The van der Waals surface area contributed by atoms with Crippen LogP contribution < -0.4 is 25.4 Å². The fraction of sp³-hybridized carbons (Fsp3) is 0.556. The fourth-order valence-corrected chi connectivity index (χ4v) is 2.02. The molecule has 3 N–H and O–H groups in total. The molecule has 0 aliphatic carbocycles. The van der Waals surface area contributed by atoms with Crippen LogP contribution in [-0.2, 0) is 4.79 Å². The number of benzene rings is 1. The summed E-state index contributed by atoms with van der Waals surface area (Å²) < 4.78 is 10.5. The highest BCUT2D eigenvalue weighted by Crippen LogP contribution is 2.34. The molecule has 0 unspecified atom stereocenters. The number of amides is 2. The molecular formula is C18H30ClN3O4. The maximum absolute atomic E-state index is 12.5. The largest absolute Gasteiger partial charge is 0.493 e. The van der Waals surface area contributed by atoms with E-state index in [1.54, 1.807) is 32.9 Å². The maximum Gasteiger partial charge on any atom is 0.253 e. The van der Waals surface area contributed by atoms with Crippen molar-refractivity contribution in [3.05, 3.63) is 17.7 Å². The van der Waals surface area contributed by atoms with E-state index >= 15 is 0 Å². The summed E-state index contributed by atoms with van der Waals surface area (Å²) in [5.74, 6) is 0.383. The molecule has 0 aliphatic rings. The second-order valence-corrected chi connectivity index (χ2v) is 6.57. The molecule has 0 heterocycles. The first-order valence-electron chi connectivity index (χ1n) is 8.31. The third kappa shape index (κ3) is 6.72. The quantitative estimate of drug-likeness (QED) is 0.596. The first-order valence-corrected chi connectivity index (χ1v) is 8.31. The van der Waals surface area contributed by atoms with E-state index < -0.39 is 5.41 Å². The van der Waals surface area contributed by atoms with Crippen LogP contribution in [0.25, 0.3) is 0 Å². The van der Waals surface area contributed by atoms with E-state index in [9.17, 15) is 9.59 Å². The maximum atomic E-state index is 12.5. The van der Waals surface area contributed by atoms with Crippen molar-refractivity contribution in [2.45, 2.75) is 27.7 Å². The van der Waals surface area contributed by atoms with E-state index in [1.807, 2.05) is 6.92 Å². The lowest BCUT2D eigenvalue weighted by atomic mass is 9.95. The highest BCUT2D eigenvalue weighted by molar-refractivity contribution is 6.05. The number of nitrogens with one attached hydrogen (secondary N) is 3. The van der Waals surface area contributed by atoms with Crippen molar-refractivity contribution in [2.75, 3.05) is 39.2 Å². The highest BCUT2D eigenvalue weighted by atomic mass is 35.5. The lowest BCUT2D eigenvalue weighted by Gasteiger charge is -2.20. The first-order chi connectivity index (χ1) is 11.7. The van der Waals surface area contributed by atoms with Gasteiger partial charge in [-0.05, 0) is 12.6 Å². The van der Waals surface area contributed by atoms with Crippen molar-refractivity contribution in [3.63, 3.8) is 0 Å². The second kappa shape index (κ2) is 10.9. The first kappa shape index (κ1) is 24.0. The average Bonchev–Trinajstić information content (AvgIpc) is 2.57. The lowest BCUT2D eigenvalue weighted by Crippen LogP contribution is -2.33. The minimum atomic E-state index is -0.591.